The molecule has 94 valence electrons. The van der Waals surface area contributed by atoms with Crippen molar-refractivity contribution < 1.29 is 4.79 Å². The first-order valence-corrected chi connectivity index (χ1v) is 7.12. The van der Waals surface area contributed by atoms with Crippen molar-refractivity contribution in [3.8, 4) is 0 Å². The highest BCUT2D eigenvalue weighted by atomic mass is 32.2. The zero-order chi connectivity index (χ0) is 12.7. The van der Waals surface area contributed by atoms with E-state index in [0.29, 0.717) is 6.04 Å². The number of amides is 1. The van der Waals surface area contributed by atoms with Gasteiger partial charge in [0, 0.05) is 31.0 Å². The van der Waals surface area contributed by atoms with Crippen molar-refractivity contribution in [3.63, 3.8) is 0 Å². The van der Waals surface area contributed by atoms with E-state index in [1.54, 1.807) is 0 Å². The summed E-state index contributed by atoms with van der Waals surface area (Å²) in [4.78, 5) is 11.0. The van der Waals surface area contributed by atoms with Crippen LogP contribution in [0, 0.1) is 0 Å². The predicted octanol–water partition coefficient (Wildman–Crippen LogP) is 2.66. The number of carbonyl (C=O) groups excluding carboxylic acids is 1. The van der Waals surface area contributed by atoms with Gasteiger partial charge >= 0.3 is 0 Å². The minimum absolute atomic E-state index is 0.0369. The van der Waals surface area contributed by atoms with E-state index in [4.69, 9.17) is 0 Å². The van der Waals surface area contributed by atoms with Crippen LogP contribution in [0.25, 0.3) is 0 Å². The van der Waals surface area contributed by atoms with Gasteiger partial charge in [0.25, 0.3) is 0 Å². The molecule has 0 aliphatic heterocycles. The summed E-state index contributed by atoms with van der Waals surface area (Å²) in [6.45, 7) is 4.65. The third-order valence-corrected chi connectivity index (χ3v) is 3.08. The fourth-order valence-corrected chi connectivity index (χ4v) is 1.91. The molecule has 0 spiro atoms. The molecule has 0 bridgehead atoms. The Kier molecular flexibility index (Phi) is 6.08. The Morgan fingerprint density at radius 2 is 2.24 bits per heavy atom. The summed E-state index contributed by atoms with van der Waals surface area (Å²) < 4.78 is 0. The Morgan fingerprint density at radius 1 is 1.47 bits per heavy atom. The van der Waals surface area contributed by atoms with Crippen LogP contribution in [0.15, 0.2) is 24.3 Å². The molecule has 17 heavy (non-hydrogen) atoms. The van der Waals surface area contributed by atoms with Crippen LogP contribution < -0.4 is 10.6 Å². The first-order valence-electron chi connectivity index (χ1n) is 5.73. The van der Waals surface area contributed by atoms with E-state index in [1.807, 2.05) is 30.0 Å². The molecule has 1 atom stereocenters. The molecule has 0 heterocycles. The molecule has 0 radical (unpaired) electrons. The Labute approximate surface area is 107 Å². The van der Waals surface area contributed by atoms with Gasteiger partial charge in [-0.25, -0.2) is 0 Å². The number of benzene rings is 1. The highest BCUT2D eigenvalue weighted by molar-refractivity contribution is 7.98. The van der Waals surface area contributed by atoms with Crippen molar-refractivity contribution in [3.05, 3.63) is 29.8 Å². The van der Waals surface area contributed by atoms with Crippen molar-refractivity contribution in [1.82, 2.24) is 5.32 Å². The van der Waals surface area contributed by atoms with Crippen LogP contribution in [0.3, 0.4) is 0 Å². The summed E-state index contributed by atoms with van der Waals surface area (Å²) >= 11 is 1.83. The highest BCUT2D eigenvalue weighted by Gasteiger charge is 2.05. The average molecular weight is 252 g/mol. The van der Waals surface area contributed by atoms with Crippen LogP contribution in [-0.2, 0) is 4.79 Å². The van der Waals surface area contributed by atoms with Gasteiger partial charge in [-0.05, 0) is 30.9 Å². The third-order valence-electron chi connectivity index (χ3n) is 2.46. The van der Waals surface area contributed by atoms with Crippen LogP contribution in [0.4, 0.5) is 5.69 Å². The minimum Gasteiger partial charge on any atom is -0.326 e. The number of thioether (sulfide) groups is 1. The largest absolute Gasteiger partial charge is 0.326 e. The standard InChI is InChI=1S/C13H20N2OS/c1-10(14-7-8-17-3)12-5-4-6-13(9-12)15-11(2)16/h4-6,9-10,14H,7-8H2,1-3H3,(H,15,16). The van der Waals surface area contributed by atoms with Crippen molar-refractivity contribution >= 4 is 23.4 Å². The Balaban J connectivity index is 2.60. The number of hydrogen-bond acceptors (Lipinski definition) is 3. The molecule has 1 aromatic carbocycles. The summed E-state index contributed by atoms with van der Waals surface area (Å²) in [5.74, 6) is 1.07. The quantitative estimate of drug-likeness (QED) is 0.765. The molecule has 0 saturated carbocycles. The van der Waals surface area contributed by atoms with Gasteiger partial charge in [0.15, 0.2) is 0 Å². The van der Waals surface area contributed by atoms with Crippen LogP contribution in [0.1, 0.15) is 25.5 Å². The molecular weight excluding hydrogens is 232 g/mol. The first kappa shape index (κ1) is 14.1. The molecule has 0 aromatic heterocycles. The van der Waals surface area contributed by atoms with Crippen molar-refractivity contribution in [2.24, 2.45) is 0 Å². The molecule has 1 unspecified atom stereocenters. The molecule has 3 nitrogen and oxygen atoms in total. The minimum atomic E-state index is -0.0369. The van der Waals surface area contributed by atoms with Crippen LogP contribution in [0.5, 0.6) is 0 Å². The van der Waals surface area contributed by atoms with E-state index >= 15 is 0 Å². The maximum Gasteiger partial charge on any atom is 0.221 e. The molecule has 1 rings (SSSR count). The summed E-state index contributed by atoms with van der Waals surface area (Å²) in [6, 6.07) is 8.25. The summed E-state index contributed by atoms with van der Waals surface area (Å²) in [5, 5.41) is 6.24. The Hall–Kier alpha value is -1.00. The van der Waals surface area contributed by atoms with Gasteiger partial charge in [0.05, 0.1) is 0 Å². The second-order valence-electron chi connectivity index (χ2n) is 3.98. The second-order valence-corrected chi connectivity index (χ2v) is 4.96. The molecule has 4 heteroatoms. The number of anilines is 1. The number of nitrogens with one attached hydrogen (secondary N) is 2. The van der Waals surface area contributed by atoms with Gasteiger partial charge in [-0.15, -0.1) is 0 Å². The number of rotatable bonds is 6. The summed E-state index contributed by atoms with van der Waals surface area (Å²) in [5.41, 5.74) is 2.05. The zero-order valence-electron chi connectivity index (χ0n) is 10.6. The fourth-order valence-electron chi connectivity index (χ4n) is 1.58. The smallest absolute Gasteiger partial charge is 0.221 e. The van der Waals surface area contributed by atoms with Gasteiger partial charge in [-0.3, -0.25) is 4.79 Å². The monoisotopic (exact) mass is 252 g/mol. The van der Waals surface area contributed by atoms with E-state index in [1.165, 1.54) is 12.5 Å². The third kappa shape index (κ3) is 5.24. The van der Waals surface area contributed by atoms with E-state index in [0.717, 1.165) is 18.0 Å². The molecule has 1 aromatic rings. The van der Waals surface area contributed by atoms with Crippen molar-refractivity contribution in [2.45, 2.75) is 19.9 Å². The molecule has 0 aliphatic rings. The molecule has 1 amide bonds. The van der Waals surface area contributed by atoms with Gasteiger partial charge in [0.1, 0.15) is 0 Å². The second kappa shape index (κ2) is 7.35. The Morgan fingerprint density at radius 3 is 2.88 bits per heavy atom. The molecule has 0 aliphatic carbocycles. The van der Waals surface area contributed by atoms with E-state index in [2.05, 4.69) is 29.9 Å². The van der Waals surface area contributed by atoms with Gasteiger partial charge in [-0.1, -0.05) is 12.1 Å². The molecule has 2 N–H and O–H groups in total. The maximum absolute atomic E-state index is 11.0. The van der Waals surface area contributed by atoms with Crippen LogP contribution in [-0.4, -0.2) is 24.5 Å². The molecular formula is C13H20N2OS. The summed E-state index contributed by atoms with van der Waals surface area (Å²) in [6.07, 6.45) is 2.10. The van der Waals surface area contributed by atoms with Crippen LogP contribution >= 0.6 is 11.8 Å². The summed E-state index contributed by atoms with van der Waals surface area (Å²) in [7, 11) is 0. The van der Waals surface area contributed by atoms with Crippen LogP contribution in [0.2, 0.25) is 0 Å². The topological polar surface area (TPSA) is 41.1 Å². The normalized spacial score (nSPS) is 12.2. The van der Waals surface area contributed by atoms with Gasteiger partial charge < -0.3 is 10.6 Å². The predicted molar refractivity (Wildman–Crippen MR) is 75.5 cm³/mol. The molecule has 0 fully saturated rings. The lowest BCUT2D eigenvalue weighted by Gasteiger charge is -2.15. The maximum atomic E-state index is 11.0. The number of hydrogen-bond donors (Lipinski definition) is 2. The van der Waals surface area contributed by atoms with Crippen molar-refractivity contribution in [1.29, 1.82) is 0 Å². The van der Waals surface area contributed by atoms with E-state index in [-0.39, 0.29) is 5.91 Å². The van der Waals surface area contributed by atoms with Crippen molar-refractivity contribution in [2.75, 3.05) is 23.9 Å². The lowest BCUT2D eigenvalue weighted by molar-refractivity contribution is -0.114. The van der Waals surface area contributed by atoms with E-state index in [9.17, 15) is 4.79 Å². The van der Waals surface area contributed by atoms with Gasteiger partial charge in [-0.2, -0.15) is 11.8 Å². The van der Waals surface area contributed by atoms with E-state index < -0.39 is 0 Å². The molecule has 0 saturated heterocycles. The first-order chi connectivity index (χ1) is 8.13. The van der Waals surface area contributed by atoms with Gasteiger partial charge in [0.2, 0.25) is 5.91 Å². The lowest BCUT2D eigenvalue weighted by Crippen LogP contribution is -2.21. The lowest BCUT2D eigenvalue weighted by atomic mass is 10.1. The highest BCUT2D eigenvalue weighted by Crippen LogP contribution is 2.17. The Bertz CT molecular complexity index is 368. The fraction of sp³-hybridized carbons (Fsp3) is 0.462. The number of carbonyl (C=O) groups is 1. The zero-order valence-corrected chi connectivity index (χ0v) is 11.4. The average Bonchev–Trinajstić information content (AvgIpc) is 2.28. The SMILES string of the molecule is CSCCNC(C)c1cccc(NC(C)=O)c1.